The molecule has 0 atom stereocenters. The van der Waals surface area contributed by atoms with Crippen LogP contribution in [0.15, 0.2) is 36.4 Å². The van der Waals surface area contributed by atoms with E-state index in [0.717, 1.165) is 43.5 Å². The fraction of sp³-hybridized carbons (Fsp3) is 0.714. The van der Waals surface area contributed by atoms with Gasteiger partial charge in [0.25, 0.3) is 0 Å². The molecule has 2 aliphatic rings. The quantitative estimate of drug-likeness (QED) is 0.270. The molecule has 1 aliphatic carbocycles. The standard InChI is InChI=1S/C28H44O2/c1-3-5-6-10-23-13-15-24(16-14-23)11-7-8-12-25-17-19-27(20-18-25)28-29-21-26(9-4-2)22-30-28/h7,11,17-20,23-24,26,28H,3-6,8-10,12-16,21-22H2,1-2H3. The molecule has 30 heavy (non-hydrogen) atoms. The van der Waals surface area contributed by atoms with Crippen molar-refractivity contribution in [1.29, 1.82) is 0 Å². The number of unbranched alkanes of at least 4 members (excludes halogenated alkanes) is 2. The van der Waals surface area contributed by atoms with Gasteiger partial charge in [-0.3, -0.25) is 0 Å². The lowest BCUT2D eigenvalue weighted by Gasteiger charge is -2.29. The second kappa shape index (κ2) is 13.3. The van der Waals surface area contributed by atoms with Gasteiger partial charge in [0.2, 0.25) is 0 Å². The molecule has 0 radical (unpaired) electrons. The van der Waals surface area contributed by atoms with Gasteiger partial charge < -0.3 is 9.47 Å². The van der Waals surface area contributed by atoms with E-state index in [0.29, 0.717) is 5.92 Å². The van der Waals surface area contributed by atoms with Gasteiger partial charge in [-0.25, -0.2) is 0 Å². The SMILES string of the molecule is CCCCCC1CCC(C=CCCc2ccc(C3OCC(CCC)CO3)cc2)CC1. The van der Waals surface area contributed by atoms with Gasteiger partial charge in [0.15, 0.2) is 6.29 Å². The first-order valence-electron chi connectivity index (χ1n) is 12.8. The Kier molecular flexibility index (Phi) is 10.5. The second-order valence-corrected chi connectivity index (χ2v) is 9.64. The van der Waals surface area contributed by atoms with Crippen LogP contribution in [0.4, 0.5) is 0 Å². The van der Waals surface area contributed by atoms with E-state index in [2.05, 4.69) is 50.3 Å². The summed E-state index contributed by atoms with van der Waals surface area (Å²) in [6.07, 6.45) is 20.8. The highest BCUT2D eigenvalue weighted by atomic mass is 16.7. The van der Waals surface area contributed by atoms with E-state index in [1.807, 2.05) is 0 Å². The molecule has 1 saturated heterocycles. The Bertz CT molecular complexity index is 590. The summed E-state index contributed by atoms with van der Waals surface area (Å²) >= 11 is 0. The van der Waals surface area contributed by atoms with E-state index < -0.39 is 0 Å². The Morgan fingerprint density at radius 3 is 2.23 bits per heavy atom. The molecule has 1 aliphatic heterocycles. The highest BCUT2D eigenvalue weighted by molar-refractivity contribution is 5.24. The largest absolute Gasteiger partial charge is 0.348 e. The van der Waals surface area contributed by atoms with Crippen LogP contribution in [0.3, 0.4) is 0 Å². The zero-order chi connectivity index (χ0) is 21.0. The molecule has 0 amide bonds. The first kappa shape index (κ1) is 23.5. The Morgan fingerprint density at radius 1 is 0.833 bits per heavy atom. The van der Waals surface area contributed by atoms with Gasteiger partial charge in [-0.1, -0.05) is 82.4 Å². The number of hydrogen-bond donors (Lipinski definition) is 0. The Hall–Kier alpha value is -1.12. The van der Waals surface area contributed by atoms with Gasteiger partial charge in [-0.05, 0) is 62.3 Å². The van der Waals surface area contributed by atoms with E-state index >= 15 is 0 Å². The number of ether oxygens (including phenoxy) is 2. The lowest BCUT2D eigenvalue weighted by atomic mass is 9.79. The zero-order valence-corrected chi connectivity index (χ0v) is 19.5. The summed E-state index contributed by atoms with van der Waals surface area (Å²) in [5.41, 5.74) is 2.56. The maximum absolute atomic E-state index is 5.94. The van der Waals surface area contributed by atoms with Crippen LogP contribution in [0.1, 0.15) is 102 Å². The summed E-state index contributed by atoms with van der Waals surface area (Å²) in [4.78, 5) is 0. The lowest BCUT2D eigenvalue weighted by molar-refractivity contribution is -0.206. The molecule has 168 valence electrons. The normalized spacial score (nSPS) is 27.5. The van der Waals surface area contributed by atoms with Crippen LogP contribution >= 0.6 is 0 Å². The van der Waals surface area contributed by atoms with Crippen molar-refractivity contribution >= 4 is 0 Å². The summed E-state index contributed by atoms with van der Waals surface area (Å²) < 4.78 is 11.9. The molecule has 2 heteroatoms. The van der Waals surface area contributed by atoms with Gasteiger partial charge in [0.1, 0.15) is 0 Å². The van der Waals surface area contributed by atoms with E-state index in [1.54, 1.807) is 0 Å². The summed E-state index contributed by atoms with van der Waals surface area (Å²) in [5.74, 6) is 2.40. The molecule has 1 aromatic carbocycles. The fourth-order valence-corrected chi connectivity index (χ4v) is 5.04. The van der Waals surface area contributed by atoms with E-state index in [-0.39, 0.29) is 6.29 Å². The third-order valence-corrected chi connectivity index (χ3v) is 7.03. The minimum Gasteiger partial charge on any atom is -0.348 e. The van der Waals surface area contributed by atoms with Crippen molar-refractivity contribution in [3.05, 3.63) is 47.5 Å². The lowest BCUT2D eigenvalue weighted by Crippen LogP contribution is -2.26. The number of benzene rings is 1. The topological polar surface area (TPSA) is 18.5 Å². The summed E-state index contributed by atoms with van der Waals surface area (Å²) in [5, 5.41) is 0. The molecule has 1 aromatic rings. The van der Waals surface area contributed by atoms with Gasteiger partial charge in [-0.2, -0.15) is 0 Å². The molecular formula is C28H44O2. The van der Waals surface area contributed by atoms with Crippen LogP contribution < -0.4 is 0 Å². The Balaban J connectivity index is 1.32. The molecule has 0 spiro atoms. The summed E-state index contributed by atoms with van der Waals surface area (Å²) in [7, 11) is 0. The van der Waals surface area contributed by atoms with Gasteiger partial charge in [0.05, 0.1) is 13.2 Å². The second-order valence-electron chi connectivity index (χ2n) is 9.64. The third kappa shape index (κ3) is 7.85. The van der Waals surface area contributed by atoms with Gasteiger partial charge in [-0.15, -0.1) is 0 Å². The van der Waals surface area contributed by atoms with E-state index in [9.17, 15) is 0 Å². The summed E-state index contributed by atoms with van der Waals surface area (Å²) in [6.45, 7) is 6.18. The van der Waals surface area contributed by atoms with Gasteiger partial charge in [0, 0.05) is 11.5 Å². The number of rotatable bonds is 11. The Morgan fingerprint density at radius 2 is 1.57 bits per heavy atom. The van der Waals surface area contributed by atoms with Crippen LogP contribution in [0, 0.1) is 17.8 Å². The molecule has 2 fully saturated rings. The van der Waals surface area contributed by atoms with Crippen molar-refractivity contribution in [3.63, 3.8) is 0 Å². The number of hydrogen-bond acceptors (Lipinski definition) is 2. The predicted octanol–water partition coefficient (Wildman–Crippen LogP) is 8.02. The number of allylic oxidation sites excluding steroid dienone is 2. The average molecular weight is 413 g/mol. The van der Waals surface area contributed by atoms with Crippen molar-refractivity contribution in [2.75, 3.05) is 13.2 Å². The molecule has 3 rings (SSSR count). The van der Waals surface area contributed by atoms with Crippen molar-refractivity contribution in [3.8, 4) is 0 Å². The highest BCUT2D eigenvalue weighted by Gasteiger charge is 2.23. The van der Waals surface area contributed by atoms with Gasteiger partial charge >= 0.3 is 0 Å². The minimum absolute atomic E-state index is 0.177. The van der Waals surface area contributed by atoms with Crippen LogP contribution in [-0.2, 0) is 15.9 Å². The van der Waals surface area contributed by atoms with Crippen molar-refractivity contribution in [2.45, 2.75) is 97.2 Å². The first-order chi connectivity index (χ1) is 14.8. The first-order valence-corrected chi connectivity index (χ1v) is 12.8. The van der Waals surface area contributed by atoms with Crippen LogP contribution in [0.5, 0.6) is 0 Å². The average Bonchev–Trinajstić information content (AvgIpc) is 2.79. The third-order valence-electron chi connectivity index (χ3n) is 7.03. The van der Waals surface area contributed by atoms with Crippen LogP contribution in [0.25, 0.3) is 0 Å². The van der Waals surface area contributed by atoms with Crippen molar-refractivity contribution in [1.82, 2.24) is 0 Å². The van der Waals surface area contributed by atoms with Crippen molar-refractivity contribution in [2.24, 2.45) is 17.8 Å². The molecule has 0 bridgehead atoms. The van der Waals surface area contributed by atoms with Crippen LogP contribution in [-0.4, -0.2) is 13.2 Å². The smallest absolute Gasteiger partial charge is 0.183 e. The molecular weight excluding hydrogens is 368 g/mol. The maximum atomic E-state index is 5.94. The molecule has 0 unspecified atom stereocenters. The van der Waals surface area contributed by atoms with Crippen molar-refractivity contribution < 1.29 is 9.47 Å². The number of aryl methyl sites for hydroxylation is 1. The molecule has 1 saturated carbocycles. The summed E-state index contributed by atoms with van der Waals surface area (Å²) in [6, 6.07) is 8.86. The van der Waals surface area contributed by atoms with E-state index in [4.69, 9.17) is 9.47 Å². The molecule has 0 aromatic heterocycles. The Labute approximate surface area is 185 Å². The predicted molar refractivity (Wildman–Crippen MR) is 127 cm³/mol. The van der Waals surface area contributed by atoms with E-state index in [1.165, 1.54) is 69.8 Å². The minimum atomic E-state index is -0.177. The fourth-order valence-electron chi connectivity index (χ4n) is 5.04. The molecule has 2 nitrogen and oxygen atoms in total. The zero-order valence-electron chi connectivity index (χ0n) is 19.5. The molecule has 1 heterocycles. The molecule has 0 N–H and O–H groups in total. The monoisotopic (exact) mass is 412 g/mol. The maximum Gasteiger partial charge on any atom is 0.183 e. The van der Waals surface area contributed by atoms with Crippen LogP contribution in [0.2, 0.25) is 0 Å². The highest BCUT2D eigenvalue weighted by Crippen LogP contribution is 2.33.